The van der Waals surface area contributed by atoms with Gasteiger partial charge in [-0.15, -0.1) is 24.8 Å². The van der Waals surface area contributed by atoms with E-state index < -0.39 is 0 Å². The summed E-state index contributed by atoms with van der Waals surface area (Å²) in [5.41, 5.74) is 8.62. The summed E-state index contributed by atoms with van der Waals surface area (Å²) >= 11 is 0. The first-order valence-corrected chi connectivity index (χ1v) is 9.81. The number of hydrogen-bond acceptors (Lipinski definition) is 3. The number of carbonyl (C=O) groups excluding carboxylic acids is 1. The third-order valence-corrected chi connectivity index (χ3v) is 6.22. The number of amides is 1. The van der Waals surface area contributed by atoms with Crippen LogP contribution in [0.25, 0.3) is 0 Å². The van der Waals surface area contributed by atoms with Crippen molar-refractivity contribution in [1.29, 1.82) is 0 Å². The molecule has 2 aliphatic rings. The van der Waals surface area contributed by atoms with E-state index in [1.165, 1.54) is 30.5 Å². The molecule has 1 atom stereocenters. The van der Waals surface area contributed by atoms with Crippen molar-refractivity contribution in [3.8, 4) is 0 Å². The van der Waals surface area contributed by atoms with Crippen LogP contribution in [0.1, 0.15) is 63.0 Å². The number of nitrogens with two attached hydrogens (primary N) is 1. The Hall–Kier alpha value is -0.970. The summed E-state index contributed by atoms with van der Waals surface area (Å²) in [5, 5.41) is 0. The van der Waals surface area contributed by atoms with Crippen LogP contribution in [0.15, 0.2) is 24.3 Å². The molecule has 6 heteroatoms. The summed E-state index contributed by atoms with van der Waals surface area (Å²) in [7, 11) is 4.12. The van der Waals surface area contributed by atoms with E-state index in [4.69, 9.17) is 5.73 Å². The number of benzene rings is 1. The van der Waals surface area contributed by atoms with Gasteiger partial charge in [0.2, 0.25) is 5.91 Å². The first-order chi connectivity index (χ1) is 12.0. The van der Waals surface area contributed by atoms with Crippen LogP contribution in [0.4, 0.5) is 5.69 Å². The molecule has 3 rings (SSSR count). The van der Waals surface area contributed by atoms with Crippen LogP contribution >= 0.6 is 24.8 Å². The highest BCUT2D eigenvalue weighted by Gasteiger charge is 2.37. The average molecular weight is 416 g/mol. The minimum Gasteiger partial charge on any atom is -0.378 e. The number of likely N-dealkylation sites (tertiary alicyclic amines) is 1. The van der Waals surface area contributed by atoms with E-state index in [1.54, 1.807) is 0 Å². The molecule has 1 aliphatic carbocycles. The molecule has 1 heterocycles. The van der Waals surface area contributed by atoms with Gasteiger partial charge in [0.15, 0.2) is 0 Å². The lowest BCUT2D eigenvalue weighted by Gasteiger charge is -2.37. The van der Waals surface area contributed by atoms with Crippen molar-refractivity contribution in [2.75, 3.05) is 32.1 Å². The summed E-state index contributed by atoms with van der Waals surface area (Å²) < 4.78 is 0. The predicted molar refractivity (Wildman–Crippen MR) is 118 cm³/mol. The summed E-state index contributed by atoms with van der Waals surface area (Å²) in [5.74, 6) is 0.310. The Morgan fingerprint density at radius 3 is 2.52 bits per heavy atom. The lowest BCUT2D eigenvalue weighted by atomic mass is 9.71. The minimum absolute atomic E-state index is 0. The Kier molecular flexibility index (Phi) is 9.40. The molecule has 1 saturated heterocycles. The number of halogens is 2. The van der Waals surface area contributed by atoms with E-state index in [2.05, 4.69) is 48.2 Å². The van der Waals surface area contributed by atoms with Crippen LogP contribution < -0.4 is 10.6 Å². The second-order valence-electron chi connectivity index (χ2n) is 8.18. The van der Waals surface area contributed by atoms with E-state index in [9.17, 15) is 4.79 Å². The van der Waals surface area contributed by atoms with Gasteiger partial charge in [-0.25, -0.2) is 0 Å². The van der Waals surface area contributed by atoms with Crippen molar-refractivity contribution in [2.45, 2.75) is 57.4 Å². The Morgan fingerprint density at radius 1 is 1.19 bits per heavy atom. The molecule has 4 nitrogen and oxygen atoms in total. The van der Waals surface area contributed by atoms with E-state index in [0.717, 1.165) is 32.2 Å². The molecule has 1 amide bonds. The zero-order valence-corrected chi connectivity index (χ0v) is 18.3. The van der Waals surface area contributed by atoms with Crippen LogP contribution in [0.5, 0.6) is 0 Å². The maximum absolute atomic E-state index is 13.1. The van der Waals surface area contributed by atoms with Gasteiger partial charge in [0.1, 0.15) is 0 Å². The zero-order chi connectivity index (χ0) is 17.9. The molecule has 27 heavy (non-hydrogen) atoms. The van der Waals surface area contributed by atoms with Gasteiger partial charge in [-0.1, -0.05) is 31.4 Å². The molecular formula is C21H35Cl2N3O. The highest BCUT2D eigenvalue weighted by Crippen LogP contribution is 2.41. The molecule has 1 unspecified atom stereocenters. The number of nitrogens with zero attached hydrogens (tertiary/aromatic N) is 2. The Morgan fingerprint density at radius 2 is 1.89 bits per heavy atom. The predicted octanol–water partition coefficient (Wildman–Crippen LogP) is 4.56. The second kappa shape index (κ2) is 10.5. The number of rotatable bonds is 5. The lowest BCUT2D eigenvalue weighted by molar-refractivity contribution is -0.135. The standard InChI is InChI=1S/C21H33N3O.2ClH/c1-23(2)18-9-6-8-17(14-18)19-10-7-13-24(19)20(25)15-21(16-22)11-4-3-5-12-21;;/h6,8-9,14,19H,3-5,7,10-13,15-16,22H2,1-2H3;2*1H. The van der Waals surface area contributed by atoms with Gasteiger partial charge in [-0.2, -0.15) is 0 Å². The molecule has 1 aliphatic heterocycles. The van der Waals surface area contributed by atoms with Crippen LogP contribution in [-0.2, 0) is 4.79 Å². The van der Waals surface area contributed by atoms with E-state index in [-0.39, 0.29) is 36.3 Å². The smallest absolute Gasteiger partial charge is 0.223 e. The second-order valence-corrected chi connectivity index (χ2v) is 8.18. The number of hydrogen-bond donors (Lipinski definition) is 1. The van der Waals surface area contributed by atoms with Crippen LogP contribution in [0.3, 0.4) is 0 Å². The van der Waals surface area contributed by atoms with Crippen molar-refractivity contribution >= 4 is 36.4 Å². The summed E-state index contributed by atoms with van der Waals surface area (Å²) in [4.78, 5) is 17.4. The Labute approximate surface area is 176 Å². The van der Waals surface area contributed by atoms with E-state index >= 15 is 0 Å². The quantitative estimate of drug-likeness (QED) is 0.766. The molecule has 154 valence electrons. The zero-order valence-electron chi connectivity index (χ0n) is 16.7. The highest BCUT2D eigenvalue weighted by molar-refractivity contribution is 5.85. The molecule has 0 radical (unpaired) electrons. The molecule has 1 aromatic rings. The van der Waals surface area contributed by atoms with E-state index in [1.807, 2.05) is 0 Å². The van der Waals surface area contributed by atoms with Gasteiger partial charge in [0.25, 0.3) is 0 Å². The molecule has 2 N–H and O–H groups in total. The molecule has 1 saturated carbocycles. The van der Waals surface area contributed by atoms with Crippen LogP contribution in [-0.4, -0.2) is 38.0 Å². The maximum atomic E-state index is 13.1. The largest absolute Gasteiger partial charge is 0.378 e. The lowest BCUT2D eigenvalue weighted by Crippen LogP contribution is -2.40. The fraction of sp³-hybridized carbons (Fsp3) is 0.667. The molecule has 0 aromatic heterocycles. The first-order valence-electron chi connectivity index (χ1n) is 9.81. The molecule has 0 bridgehead atoms. The third-order valence-electron chi connectivity index (χ3n) is 6.22. The fourth-order valence-electron chi connectivity index (χ4n) is 4.60. The summed E-state index contributed by atoms with van der Waals surface area (Å²) in [6, 6.07) is 8.85. The van der Waals surface area contributed by atoms with Gasteiger partial charge in [0, 0.05) is 32.7 Å². The minimum atomic E-state index is 0. The van der Waals surface area contributed by atoms with Gasteiger partial charge in [0.05, 0.1) is 6.04 Å². The SMILES string of the molecule is CN(C)c1cccc(C2CCCN2C(=O)CC2(CN)CCCCC2)c1.Cl.Cl. The number of anilines is 1. The van der Waals surface area contributed by atoms with Crippen molar-refractivity contribution < 1.29 is 4.79 Å². The molecule has 1 aromatic carbocycles. The van der Waals surface area contributed by atoms with Gasteiger partial charge in [-0.05, 0) is 55.3 Å². The normalized spacial score (nSPS) is 21.1. The fourth-order valence-corrected chi connectivity index (χ4v) is 4.60. The topological polar surface area (TPSA) is 49.6 Å². The van der Waals surface area contributed by atoms with Crippen molar-refractivity contribution in [3.63, 3.8) is 0 Å². The van der Waals surface area contributed by atoms with E-state index in [0.29, 0.717) is 18.9 Å². The first kappa shape index (κ1) is 24.1. The monoisotopic (exact) mass is 415 g/mol. The molecule has 2 fully saturated rings. The van der Waals surface area contributed by atoms with Crippen LogP contribution in [0.2, 0.25) is 0 Å². The Balaban J connectivity index is 0.00000182. The summed E-state index contributed by atoms with van der Waals surface area (Å²) in [6.07, 6.45) is 8.76. The van der Waals surface area contributed by atoms with Crippen molar-refractivity contribution in [1.82, 2.24) is 4.90 Å². The van der Waals surface area contributed by atoms with Crippen LogP contribution in [0, 0.1) is 5.41 Å². The summed E-state index contributed by atoms with van der Waals surface area (Å²) in [6.45, 7) is 1.53. The highest BCUT2D eigenvalue weighted by atomic mass is 35.5. The van der Waals surface area contributed by atoms with Crippen molar-refractivity contribution in [2.24, 2.45) is 11.1 Å². The van der Waals surface area contributed by atoms with Gasteiger partial charge >= 0.3 is 0 Å². The molecule has 0 spiro atoms. The van der Waals surface area contributed by atoms with Gasteiger partial charge < -0.3 is 15.5 Å². The van der Waals surface area contributed by atoms with Crippen molar-refractivity contribution in [3.05, 3.63) is 29.8 Å². The van der Waals surface area contributed by atoms with Gasteiger partial charge in [-0.3, -0.25) is 4.79 Å². The third kappa shape index (κ3) is 5.52. The molecular weight excluding hydrogens is 381 g/mol. The number of carbonyl (C=O) groups is 1. The average Bonchev–Trinajstić information content (AvgIpc) is 3.12. The Bertz CT molecular complexity index is 603. The maximum Gasteiger partial charge on any atom is 0.223 e.